The van der Waals surface area contributed by atoms with E-state index in [0.717, 1.165) is 23.2 Å². The average Bonchev–Trinajstić information content (AvgIpc) is 2.26. The quantitative estimate of drug-likeness (QED) is 0.572. The van der Waals surface area contributed by atoms with Crippen LogP contribution in [0.3, 0.4) is 0 Å². The number of carbonyl (C=O) groups is 1. The minimum atomic E-state index is -1.82. The average molecular weight is 278 g/mol. The van der Waals surface area contributed by atoms with Crippen LogP contribution in [-0.2, 0) is 0 Å². The van der Waals surface area contributed by atoms with Crippen LogP contribution in [0.2, 0.25) is 18.1 Å². The van der Waals surface area contributed by atoms with E-state index in [4.69, 9.17) is 4.43 Å². The minimum absolute atomic E-state index is 0.175. The monoisotopic (exact) mass is 278 g/mol. The smallest absolute Gasteiger partial charge is 0.250 e. The van der Waals surface area contributed by atoms with Crippen LogP contribution in [0.1, 0.15) is 56.5 Å². The summed E-state index contributed by atoms with van der Waals surface area (Å²) in [5.41, 5.74) is 1.82. The summed E-state index contributed by atoms with van der Waals surface area (Å²) in [6, 6.07) is 5.80. The molecule has 19 heavy (non-hydrogen) atoms. The molecule has 2 nitrogen and oxygen atoms in total. The number of hydrogen-bond acceptors (Lipinski definition) is 2. The predicted octanol–water partition coefficient (Wildman–Crippen LogP) is 5.01. The van der Waals surface area contributed by atoms with Crippen LogP contribution >= 0.6 is 0 Å². The summed E-state index contributed by atoms with van der Waals surface area (Å²) in [7, 11) is -1.82. The summed E-state index contributed by atoms with van der Waals surface area (Å²) in [5, 5.41) is 0.175. The predicted molar refractivity (Wildman–Crippen MR) is 83.7 cm³/mol. The van der Waals surface area contributed by atoms with E-state index in [9.17, 15) is 4.79 Å². The summed E-state index contributed by atoms with van der Waals surface area (Å²) in [5.74, 6) is 1.21. The number of benzene rings is 1. The molecule has 0 atom stereocenters. The fourth-order valence-corrected chi connectivity index (χ4v) is 2.69. The van der Waals surface area contributed by atoms with Crippen LogP contribution in [0.15, 0.2) is 18.2 Å². The fraction of sp³-hybridized carbons (Fsp3) is 0.562. The molecule has 0 heterocycles. The van der Waals surface area contributed by atoms with Crippen molar-refractivity contribution in [1.82, 2.24) is 0 Å². The maximum Gasteiger partial charge on any atom is 0.250 e. The maximum atomic E-state index is 11.1. The largest absolute Gasteiger partial charge is 0.543 e. The van der Waals surface area contributed by atoms with Gasteiger partial charge in [0.1, 0.15) is 12.0 Å². The van der Waals surface area contributed by atoms with Gasteiger partial charge in [-0.1, -0.05) is 34.6 Å². The van der Waals surface area contributed by atoms with Gasteiger partial charge < -0.3 is 4.43 Å². The Kier molecular flexibility index (Phi) is 4.61. The highest BCUT2D eigenvalue weighted by atomic mass is 28.4. The summed E-state index contributed by atoms with van der Waals surface area (Å²) >= 11 is 0. The normalized spacial score (nSPS) is 12.6. The zero-order valence-electron chi connectivity index (χ0n) is 13.2. The number of aldehydes is 1. The topological polar surface area (TPSA) is 26.3 Å². The van der Waals surface area contributed by atoms with Crippen LogP contribution in [0, 0.1) is 0 Å². The summed E-state index contributed by atoms with van der Waals surface area (Å²) in [6.07, 6.45) is 0.922. The highest BCUT2D eigenvalue weighted by Gasteiger charge is 2.39. The van der Waals surface area contributed by atoms with E-state index < -0.39 is 8.32 Å². The van der Waals surface area contributed by atoms with E-state index in [2.05, 4.69) is 47.7 Å². The number of hydrogen-bond donors (Lipinski definition) is 0. The van der Waals surface area contributed by atoms with E-state index in [1.54, 1.807) is 0 Å². The van der Waals surface area contributed by atoms with Crippen molar-refractivity contribution in [3.8, 4) is 5.75 Å². The molecule has 106 valence electrons. The third kappa shape index (κ3) is 3.69. The lowest BCUT2D eigenvalue weighted by atomic mass is 9.98. The van der Waals surface area contributed by atoms with Crippen molar-refractivity contribution in [3.05, 3.63) is 29.3 Å². The second-order valence-electron chi connectivity index (χ2n) is 6.93. The molecule has 0 radical (unpaired) electrons. The Morgan fingerprint density at radius 2 is 1.79 bits per heavy atom. The van der Waals surface area contributed by atoms with E-state index in [1.165, 1.54) is 0 Å². The van der Waals surface area contributed by atoms with Crippen molar-refractivity contribution < 1.29 is 9.22 Å². The van der Waals surface area contributed by atoms with Crippen molar-refractivity contribution in [1.29, 1.82) is 0 Å². The third-order valence-corrected chi connectivity index (χ3v) is 8.34. The van der Waals surface area contributed by atoms with Gasteiger partial charge in [0, 0.05) is 5.56 Å². The first-order chi connectivity index (χ1) is 8.58. The summed E-state index contributed by atoms with van der Waals surface area (Å²) < 4.78 is 6.28. The van der Waals surface area contributed by atoms with Crippen molar-refractivity contribution in [2.24, 2.45) is 0 Å². The van der Waals surface area contributed by atoms with Gasteiger partial charge in [-0.05, 0) is 47.8 Å². The third-order valence-electron chi connectivity index (χ3n) is 3.99. The highest BCUT2D eigenvalue weighted by Crippen LogP contribution is 2.38. The van der Waals surface area contributed by atoms with Gasteiger partial charge in [-0.3, -0.25) is 4.79 Å². The fourth-order valence-electron chi connectivity index (χ4n) is 1.67. The van der Waals surface area contributed by atoms with Crippen LogP contribution in [0.5, 0.6) is 5.75 Å². The van der Waals surface area contributed by atoms with Gasteiger partial charge in [-0.25, -0.2) is 0 Å². The second kappa shape index (κ2) is 5.49. The molecule has 0 saturated carbocycles. The van der Waals surface area contributed by atoms with Crippen molar-refractivity contribution in [3.63, 3.8) is 0 Å². The molecule has 0 aliphatic rings. The molecule has 1 aromatic rings. The molecular formula is C16H26O2Si. The first-order valence-electron chi connectivity index (χ1n) is 6.86. The second-order valence-corrected chi connectivity index (χ2v) is 11.7. The molecule has 1 aromatic carbocycles. The molecule has 0 amide bonds. The molecule has 0 aliphatic heterocycles. The van der Waals surface area contributed by atoms with Gasteiger partial charge in [-0.2, -0.15) is 0 Å². The SMILES string of the molecule is CC(C)c1cc(O[Si](C)(C)C(C)(C)C)ccc1C=O. The Labute approximate surface area is 118 Å². The molecule has 0 spiro atoms. The van der Waals surface area contributed by atoms with Crippen molar-refractivity contribution >= 4 is 14.6 Å². The molecular weight excluding hydrogens is 252 g/mol. The van der Waals surface area contributed by atoms with Crippen LogP contribution in [0.4, 0.5) is 0 Å². The summed E-state index contributed by atoms with van der Waals surface area (Å²) in [6.45, 7) is 15.3. The van der Waals surface area contributed by atoms with Crippen LogP contribution in [0.25, 0.3) is 0 Å². The standard InChI is InChI=1S/C16H26O2Si/c1-12(2)15-10-14(9-8-13(15)11-17)18-19(6,7)16(3,4)5/h8-12H,1-7H3. The van der Waals surface area contributed by atoms with Gasteiger partial charge in [0.25, 0.3) is 0 Å². The molecule has 0 N–H and O–H groups in total. The molecule has 0 aliphatic carbocycles. The molecule has 3 heteroatoms. The lowest BCUT2D eigenvalue weighted by molar-refractivity contribution is 0.112. The van der Waals surface area contributed by atoms with Crippen LogP contribution in [-0.4, -0.2) is 14.6 Å². The number of rotatable bonds is 4. The zero-order valence-corrected chi connectivity index (χ0v) is 14.2. The number of carbonyl (C=O) groups excluding carboxylic acids is 1. The Balaban J connectivity index is 3.11. The van der Waals surface area contributed by atoms with Gasteiger partial charge in [0.15, 0.2) is 0 Å². The molecule has 0 aromatic heterocycles. The van der Waals surface area contributed by atoms with Crippen molar-refractivity contribution in [2.45, 2.75) is 58.7 Å². The molecule has 0 saturated heterocycles. The Bertz CT molecular complexity index is 456. The first kappa shape index (κ1) is 16.0. The van der Waals surface area contributed by atoms with Crippen molar-refractivity contribution in [2.75, 3.05) is 0 Å². The van der Waals surface area contributed by atoms with E-state index in [0.29, 0.717) is 5.92 Å². The Morgan fingerprint density at radius 1 is 1.21 bits per heavy atom. The zero-order chi connectivity index (χ0) is 14.8. The van der Waals surface area contributed by atoms with E-state index >= 15 is 0 Å². The summed E-state index contributed by atoms with van der Waals surface area (Å²) in [4.78, 5) is 11.1. The molecule has 0 fully saturated rings. The molecule has 0 unspecified atom stereocenters. The van der Waals surface area contributed by atoms with Gasteiger partial charge in [0.05, 0.1) is 0 Å². The highest BCUT2D eigenvalue weighted by molar-refractivity contribution is 6.74. The first-order valence-corrected chi connectivity index (χ1v) is 9.77. The minimum Gasteiger partial charge on any atom is -0.543 e. The molecule has 1 rings (SSSR count). The van der Waals surface area contributed by atoms with Gasteiger partial charge >= 0.3 is 0 Å². The van der Waals surface area contributed by atoms with E-state index in [1.807, 2.05) is 18.2 Å². The molecule has 0 bridgehead atoms. The Hall–Kier alpha value is -1.09. The lowest BCUT2D eigenvalue weighted by Crippen LogP contribution is -2.43. The Morgan fingerprint density at radius 3 is 2.21 bits per heavy atom. The maximum absolute atomic E-state index is 11.1. The lowest BCUT2D eigenvalue weighted by Gasteiger charge is -2.36. The van der Waals surface area contributed by atoms with Crippen LogP contribution < -0.4 is 4.43 Å². The van der Waals surface area contributed by atoms with Gasteiger partial charge in [-0.15, -0.1) is 0 Å². The van der Waals surface area contributed by atoms with E-state index in [-0.39, 0.29) is 5.04 Å². The van der Waals surface area contributed by atoms with Gasteiger partial charge in [0.2, 0.25) is 8.32 Å².